The van der Waals surface area contributed by atoms with Crippen molar-refractivity contribution in [2.75, 3.05) is 6.61 Å². The normalized spacial score (nSPS) is 11.4. The molecule has 2 aromatic rings. The molecule has 0 radical (unpaired) electrons. The third-order valence-corrected chi connectivity index (χ3v) is 4.61. The van der Waals surface area contributed by atoms with Crippen LogP contribution in [0.15, 0.2) is 28.1 Å². The maximum Gasteiger partial charge on any atom is 0.125 e. The molecule has 0 saturated heterocycles. The first kappa shape index (κ1) is 17.1. The Morgan fingerprint density at radius 3 is 2.32 bits per heavy atom. The molecular formula is C18H26N2OS. The quantitative estimate of drug-likeness (QED) is 0.743. The molecule has 0 aliphatic heterocycles. The van der Waals surface area contributed by atoms with Gasteiger partial charge < -0.3 is 4.74 Å². The van der Waals surface area contributed by atoms with Gasteiger partial charge in [0.1, 0.15) is 17.6 Å². The van der Waals surface area contributed by atoms with Gasteiger partial charge in [0.25, 0.3) is 0 Å². The molecule has 120 valence electrons. The Labute approximate surface area is 138 Å². The summed E-state index contributed by atoms with van der Waals surface area (Å²) in [5, 5.41) is 1.20. The Morgan fingerprint density at radius 1 is 1.14 bits per heavy atom. The Balaban J connectivity index is 2.42. The van der Waals surface area contributed by atoms with E-state index in [1.807, 2.05) is 6.92 Å². The van der Waals surface area contributed by atoms with E-state index in [9.17, 15) is 0 Å². The summed E-state index contributed by atoms with van der Waals surface area (Å²) >= 11 is 1.79. The van der Waals surface area contributed by atoms with E-state index >= 15 is 0 Å². The molecular weight excluding hydrogens is 292 g/mol. The minimum atomic E-state index is 0.398. The average molecular weight is 318 g/mol. The van der Waals surface area contributed by atoms with Crippen LogP contribution in [0, 0.1) is 20.8 Å². The van der Waals surface area contributed by atoms with Crippen molar-refractivity contribution in [3.8, 4) is 0 Å². The third-order valence-electron chi connectivity index (χ3n) is 3.52. The minimum Gasteiger partial charge on any atom is -0.361 e. The smallest absolute Gasteiger partial charge is 0.125 e. The highest BCUT2D eigenvalue weighted by Gasteiger charge is 2.18. The second-order valence-electron chi connectivity index (χ2n) is 5.98. The van der Waals surface area contributed by atoms with Crippen LogP contribution < -0.4 is 0 Å². The third kappa shape index (κ3) is 3.93. The van der Waals surface area contributed by atoms with Crippen molar-refractivity contribution in [3.05, 3.63) is 40.8 Å². The van der Waals surface area contributed by atoms with E-state index in [2.05, 4.69) is 57.4 Å². The van der Waals surface area contributed by atoms with E-state index in [0.29, 0.717) is 19.3 Å². The Morgan fingerprint density at radius 2 is 1.77 bits per heavy atom. The second kappa shape index (κ2) is 7.34. The lowest BCUT2D eigenvalue weighted by molar-refractivity contribution is 0.0809. The lowest BCUT2D eigenvalue weighted by Gasteiger charge is -2.13. The van der Waals surface area contributed by atoms with Gasteiger partial charge in [0.05, 0.1) is 5.69 Å². The fourth-order valence-electron chi connectivity index (χ4n) is 2.49. The van der Waals surface area contributed by atoms with Gasteiger partial charge in [0, 0.05) is 11.5 Å². The van der Waals surface area contributed by atoms with Crippen LogP contribution in [-0.4, -0.2) is 16.2 Å². The monoisotopic (exact) mass is 318 g/mol. The molecule has 0 N–H and O–H groups in total. The fraction of sp³-hybridized carbons (Fsp3) is 0.500. The molecule has 3 nitrogen and oxygen atoms in total. The van der Waals surface area contributed by atoms with Gasteiger partial charge >= 0.3 is 0 Å². The molecule has 0 atom stereocenters. The van der Waals surface area contributed by atoms with E-state index in [4.69, 9.17) is 9.72 Å². The Hall–Kier alpha value is -1.26. The molecule has 2 rings (SSSR count). The van der Waals surface area contributed by atoms with E-state index in [1.165, 1.54) is 21.0 Å². The molecule has 0 saturated carbocycles. The number of hydrogen-bond donors (Lipinski definition) is 0. The Bertz CT molecular complexity index is 627. The van der Waals surface area contributed by atoms with E-state index < -0.39 is 0 Å². The van der Waals surface area contributed by atoms with Gasteiger partial charge in [-0.3, -0.25) is 4.57 Å². The average Bonchev–Trinajstić information content (AvgIpc) is 2.72. The molecule has 0 aliphatic rings. The summed E-state index contributed by atoms with van der Waals surface area (Å²) in [5.74, 6) is 1.42. The number of benzene rings is 1. The van der Waals surface area contributed by atoms with Crippen LogP contribution >= 0.6 is 11.8 Å². The summed E-state index contributed by atoms with van der Waals surface area (Å²) in [4.78, 5) is 6.03. The van der Waals surface area contributed by atoms with Crippen LogP contribution in [0.1, 0.15) is 49.3 Å². The van der Waals surface area contributed by atoms with E-state index in [0.717, 1.165) is 11.5 Å². The van der Waals surface area contributed by atoms with Crippen molar-refractivity contribution in [2.24, 2.45) is 0 Å². The van der Waals surface area contributed by atoms with Crippen molar-refractivity contribution >= 4 is 11.8 Å². The zero-order chi connectivity index (χ0) is 16.3. The lowest BCUT2D eigenvalue weighted by atomic mass is 10.1. The van der Waals surface area contributed by atoms with Crippen LogP contribution in [0.2, 0.25) is 0 Å². The molecule has 0 amide bonds. The van der Waals surface area contributed by atoms with Gasteiger partial charge in [-0.25, -0.2) is 4.98 Å². The van der Waals surface area contributed by atoms with E-state index in [-0.39, 0.29) is 0 Å². The van der Waals surface area contributed by atoms with Crippen molar-refractivity contribution in [2.45, 2.75) is 64.1 Å². The first-order chi connectivity index (χ1) is 10.4. The lowest BCUT2D eigenvalue weighted by Crippen LogP contribution is -2.06. The number of nitrogens with zero attached hydrogens (tertiary/aromatic N) is 2. The maximum absolute atomic E-state index is 5.63. The zero-order valence-electron chi connectivity index (χ0n) is 14.4. The van der Waals surface area contributed by atoms with Crippen LogP contribution in [0.4, 0.5) is 0 Å². The second-order valence-corrected chi connectivity index (χ2v) is 7.04. The molecule has 0 unspecified atom stereocenters. The predicted molar refractivity (Wildman–Crippen MR) is 92.7 cm³/mol. The standard InChI is InChI=1S/C18H26N2OS/c1-7-21-11-20-15(6)19-17(12(2)3)18(20)22-16-9-13(4)8-14(5)10-16/h8-10,12H,7,11H2,1-6H3. The summed E-state index contributed by atoms with van der Waals surface area (Å²) in [6.07, 6.45) is 0. The summed E-state index contributed by atoms with van der Waals surface area (Å²) in [5.41, 5.74) is 3.74. The van der Waals surface area contributed by atoms with Crippen LogP contribution in [0.3, 0.4) is 0 Å². The van der Waals surface area contributed by atoms with Gasteiger partial charge in [-0.05, 0) is 56.9 Å². The van der Waals surface area contributed by atoms with Gasteiger partial charge in [0.2, 0.25) is 0 Å². The number of hydrogen-bond acceptors (Lipinski definition) is 3. The summed E-state index contributed by atoms with van der Waals surface area (Å²) in [7, 11) is 0. The predicted octanol–water partition coefficient (Wildman–Crippen LogP) is 5.08. The first-order valence-electron chi connectivity index (χ1n) is 7.83. The highest BCUT2D eigenvalue weighted by Crippen LogP contribution is 2.35. The molecule has 0 spiro atoms. The SMILES string of the molecule is CCOCn1c(C)nc(C(C)C)c1Sc1cc(C)cc(C)c1. The molecule has 0 fully saturated rings. The maximum atomic E-state index is 5.63. The molecule has 22 heavy (non-hydrogen) atoms. The molecule has 1 aromatic carbocycles. The zero-order valence-corrected chi connectivity index (χ0v) is 15.3. The fourth-order valence-corrected chi connectivity index (χ4v) is 3.88. The largest absolute Gasteiger partial charge is 0.361 e. The van der Waals surface area contributed by atoms with Crippen LogP contribution in [0.5, 0.6) is 0 Å². The van der Waals surface area contributed by atoms with Gasteiger partial charge in [-0.15, -0.1) is 0 Å². The minimum absolute atomic E-state index is 0.398. The van der Waals surface area contributed by atoms with E-state index in [1.54, 1.807) is 11.8 Å². The number of aromatic nitrogens is 2. The topological polar surface area (TPSA) is 27.1 Å². The molecule has 4 heteroatoms. The van der Waals surface area contributed by atoms with Crippen molar-refractivity contribution in [1.29, 1.82) is 0 Å². The first-order valence-corrected chi connectivity index (χ1v) is 8.65. The molecule has 1 heterocycles. The van der Waals surface area contributed by atoms with Crippen LogP contribution in [-0.2, 0) is 11.5 Å². The van der Waals surface area contributed by atoms with Crippen molar-refractivity contribution in [3.63, 3.8) is 0 Å². The molecule has 1 aromatic heterocycles. The summed E-state index contributed by atoms with van der Waals surface area (Å²) in [6.45, 7) is 14.0. The number of imidazole rings is 1. The van der Waals surface area contributed by atoms with Gasteiger partial charge in [-0.1, -0.05) is 31.7 Å². The number of rotatable bonds is 6. The Kier molecular flexibility index (Phi) is 5.70. The molecule has 0 bridgehead atoms. The van der Waals surface area contributed by atoms with Crippen molar-refractivity contribution < 1.29 is 4.74 Å². The van der Waals surface area contributed by atoms with Crippen LogP contribution in [0.25, 0.3) is 0 Å². The van der Waals surface area contributed by atoms with Crippen molar-refractivity contribution in [1.82, 2.24) is 9.55 Å². The summed E-state index contributed by atoms with van der Waals surface area (Å²) < 4.78 is 7.81. The van der Waals surface area contributed by atoms with Gasteiger partial charge in [0.15, 0.2) is 0 Å². The van der Waals surface area contributed by atoms with Gasteiger partial charge in [-0.2, -0.15) is 0 Å². The number of ether oxygens (including phenoxy) is 1. The highest BCUT2D eigenvalue weighted by atomic mass is 32.2. The highest BCUT2D eigenvalue weighted by molar-refractivity contribution is 7.99. The number of aryl methyl sites for hydroxylation is 3. The molecule has 0 aliphatic carbocycles. The summed E-state index contributed by atoms with van der Waals surface area (Å²) in [6, 6.07) is 6.67.